The number of hydrogen-bond donors (Lipinski definition) is 0. The smallest absolute Gasteiger partial charge is 0.399 e. The molecule has 5 heteroatoms. The van der Waals surface area contributed by atoms with Crippen LogP contribution in [0.2, 0.25) is 0 Å². The second-order valence-electron chi connectivity index (χ2n) is 4.06. The predicted octanol–water partition coefficient (Wildman–Crippen LogP) is 4.10. The molecule has 0 atom stereocenters. The van der Waals surface area contributed by atoms with Crippen molar-refractivity contribution in [1.82, 2.24) is 0 Å². The average Bonchev–Trinajstić information content (AvgIpc) is 2.45. The third kappa shape index (κ3) is 3.17. The van der Waals surface area contributed by atoms with Crippen molar-refractivity contribution in [2.75, 3.05) is 7.11 Å². The van der Waals surface area contributed by atoms with Crippen LogP contribution < -0.4 is 0 Å². The Hall–Kier alpha value is -2.30. The molecule has 104 valence electrons. The van der Waals surface area contributed by atoms with E-state index in [4.69, 9.17) is 4.84 Å². The third-order valence-electron chi connectivity index (χ3n) is 2.72. The van der Waals surface area contributed by atoms with Crippen molar-refractivity contribution in [3.8, 4) is 0 Å². The van der Waals surface area contributed by atoms with E-state index in [0.717, 1.165) is 17.7 Å². The van der Waals surface area contributed by atoms with Crippen LogP contribution in [0.3, 0.4) is 0 Å². The van der Waals surface area contributed by atoms with Gasteiger partial charge in [-0.15, -0.1) is 0 Å². The maximum absolute atomic E-state index is 12.5. The van der Waals surface area contributed by atoms with Crippen molar-refractivity contribution in [2.24, 2.45) is 5.16 Å². The molecule has 2 aromatic carbocycles. The lowest BCUT2D eigenvalue weighted by Crippen LogP contribution is -2.07. The molecule has 0 bridgehead atoms. The van der Waals surface area contributed by atoms with E-state index in [2.05, 4.69) is 5.16 Å². The monoisotopic (exact) mass is 279 g/mol. The van der Waals surface area contributed by atoms with E-state index in [-0.39, 0.29) is 0 Å². The normalized spacial score (nSPS) is 12.3. The lowest BCUT2D eigenvalue weighted by atomic mass is 10.0. The lowest BCUT2D eigenvalue weighted by Gasteiger charge is -2.09. The fourth-order valence-corrected chi connectivity index (χ4v) is 1.78. The Bertz CT molecular complexity index is 589. The summed E-state index contributed by atoms with van der Waals surface area (Å²) in [5.74, 6) is 0. The second-order valence-corrected chi connectivity index (χ2v) is 4.06. The van der Waals surface area contributed by atoms with Gasteiger partial charge in [-0.1, -0.05) is 47.6 Å². The van der Waals surface area contributed by atoms with E-state index < -0.39 is 11.7 Å². The average molecular weight is 279 g/mol. The van der Waals surface area contributed by atoms with Gasteiger partial charge in [-0.25, -0.2) is 0 Å². The molecule has 0 aliphatic rings. The Balaban J connectivity index is 2.39. The van der Waals surface area contributed by atoms with Gasteiger partial charge in [0, 0.05) is 11.1 Å². The summed E-state index contributed by atoms with van der Waals surface area (Å²) in [5, 5.41) is 3.89. The fraction of sp³-hybridized carbons (Fsp3) is 0.133. The molecule has 0 amide bonds. The van der Waals surface area contributed by atoms with Gasteiger partial charge in [-0.2, -0.15) is 13.2 Å². The Morgan fingerprint density at radius 2 is 1.45 bits per heavy atom. The minimum absolute atomic E-state index is 0.488. The molecule has 0 saturated carbocycles. The van der Waals surface area contributed by atoms with Gasteiger partial charge in [0.1, 0.15) is 12.8 Å². The van der Waals surface area contributed by atoms with E-state index in [1.807, 2.05) is 30.3 Å². The standard InChI is InChI=1S/C15H12F3NO/c1-20-19-14(11-5-3-2-4-6-11)12-7-9-13(10-8-12)15(16,17)18/h2-10H,1H3/b19-14+. The highest BCUT2D eigenvalue weighted by Crippen LogP contribution is 2.29. The fourth-order valence-electron chi connectivity index (χ4n) is 1.78. The van der Waals surface area contributed by atoms with Crippen molar-refractivity contribution in [3.05, 3.63) is 71.3 Å². The summed E-state index contributed by atoms with van der Waals surface area (Å²) in [5.41, 5.74) is 1.13. The van der Waals surface area contributed by atoms with Gasteiger partial charge in [0.2, 0.25) is 0 Å². The zero-order chi connectivity index (χ0) is 14.6. The first-order valence-corrected chi connectivity index (χ1v) is 5.86. The van der Waals surface area contributed by atoms with Gasteiger partial charge in [0.25, 0.3) is 0 Å². The summed E-state index contributed by atoms with van der Waals surface area (Å²) < 4.78 is 37.6. The van der Waals surface area contributed by atoms with E-state index in [9.17, 15) is 13.2 Å². The van der Waals surface area contributed by atoms with Crippen LogP contribution in [0.25, 0.3) is 0 Å². The molecule has 0 N–H and O–H groups in total. The van der Waals surface area contributed by atoms with Crippen molar-refractivity contribution >= 4 is 5.71 Å². The first kappa shape index (κ1) is 14.1. The number of halogens is 3. The third-order valence-corrected chi connectivity index (χ3v) is 2.72. The highest BCUT2D eigenvalue weighted by Gasteiger charge is 2.30. The molecule has 0 saturated heterocycles. The molecule has 0 spiro atoms. The van der Waals surface area contributed by atoms with Crippen molar-refractivity contribution in [1.29, 1.82) is 0 Å². The van der Waals surface area contributed by atoms with Crippen LogP contribution >= 0.6 is 0 Å². The molecule has 0 aliphatic carbocycles. The van der Waals surface area contributed by atoms with Gasteiger partial charge in [0.15, 0.2) is 0 Å². The summed E-state index contributed by atoms with van der Waals surface area (Å²) in [6.07, 6.45) is -4.34. The number of nitrogens with zero attached hydrogens (tertiary/aromatic N) is 1. The number of hydrogen-bond acceptors (Lipinski definition) is 2. The first-order chi connectivity index (χ1) is 9.52. The van der Waals surface area contributed by atoms with Crippen LogP contribution in [0, 0.1) is 0 Å². The largest absolute Gasteiger partial charge is 0.416 e. The van der Waals surface area contributed by atoms with Crippen molar-refractivity contribution in [2.45, 2.75) is 6.18 Å². The van der Waals surface area contributed by atoms with E-state index >= 15 is 0 Å². The summed E-state index contributed by atoms with van der Waals surface area (Å²) in [6, 6.07) is 14.0. The Morgan fingerprint density at radius 1 is 0.900 bits per heavy atom. The van der Waals surface area contributed by atoms with Gasteiger partial charge in [-0.3, -0.25) is 0 Å². The SMILES string of the molecule is CO/N=C(\c1ccccc1)c1ccc(C(F)(F)F)cc1. The highest BCUT2D eigenvalue weighted by molar-refractivity contribution is 6.12. The van der Waals surface area contributed by atoms with E-state index in [0.29, 0.717) is 11.3 Å². The van der Waals surface area contributed by atoms with Crippen molar-refractivity contribution < 1.29 is 18.0 Å². The number of rotatable bonds is 3. The zero-order valence-corrected chi connectivity index (χ0v) is 10.7. The van der Waals surface area contributed by atoms with Crippen molar-refractivity contribution in [3.63, 3.8) is 0 Å². The van der Waals surface area contributed by atoms with Crippen LogP contribution in [-0.4, -0.2) is 12.8 Å². The highest BCUT2D eigenvalue weighted by atomic mass is 19.4. The predicted molar refractivity (Wildman–Crippen MR) is 70.5 cm³/mol. The molecule has 2 aromatic rings. The first-order valence-electron chi connectivity index (χ1n) is 5.86. The molecule has 0 fully saturated rings. The molecule has 0 radical (unpaired) electrons. The minimum atomic E-state index is -4.34. The number of oxime groups is 1. The molecule has 0 heterocycles. The second kappa shape index (κ2) is 5.77. The minimum Gasteiger partial charge on any atom is -0.399 e. The molecule has 20 heavy (non-hydrogen) atoms. The molecular weight excluding hydrogens is 267 g/mol. The van der Waals surface area contributed by atoms with Gasteiger partial charge in [-0.05, 0) is 12.1 Å². The Morgan fingerprint density at radius 3 is 1.95 bits per heavy atom. The van der Waals surface area contributed by atoms with Crippen LogP contribution in [0.15, 0.2) is 59.8 Å². The van der Waals surface area contributed by atoms with Crippen LogP contribution in [0.4, 0.5) is 13.2 Å². The Labute approximate surface area is 114 Å². The maximum Gasteiger partial charge on any atom is 0.416 e. The topological polar surface area (TPSA) is 21.6 Å². The van der Waals surface area contributed by atoms with Gasteiger partial charge >= 0.3 is 6.18 Å². The molecular formula is C15H12F3NO. The lowest BCUT2D eigenvalue weighted by molar-refractivity contribution is -0.137. The quantitative estimate of drug-likeness (QED) is 0.612. The van der Waals surface area contributed by atoms with Gasteiger partial charge in [0.05, 0.1) is 5.56 Å². The van der Waals surface area contributed by atoms with Crippen LogP contribution in [0.5, 0.6) is 0 Å². The zero-order valence-electron chi connectivity index (χ0n) is 10.7. The maximum atomic E-state index is 12.5. The molecule has 0 unspecified atom stereocenters. The molecule has 2 nitrogen and oxygen atoms in total. The molecule has 0 aromatic heterocycles. The van der Waals surface area contributed by atoms with E-state index in [1.54, 1.807) is 0 Å². The van der Waals surface area contributed by atoms with Crippen LogP contribution in [0.1, 0.15) is 16.7 Å². The Kier molecular flexibility index (Phi) is 4.08. The summed E-state index contributed by atoms with van der Waals surface area (Å²) in [4.78, 5) is 4.78. The number of benzene rings is 2. The van der Waals surface area contributed by atoms with Crippen LogP contribution in [-0.2, 0) is 11.0 Å². The molecule has 2 rings (SSSR count). The summed E-state index contributed by atoms with van der Waals surface area (Å²) >= 11 is 0. The number of alkyl halides is 3. The molecule has 0 aliphatic heterocycles. The summed E-state index contributed by atoms with van der Waals surface area (Å²) in [7, 11) is 1.40. The summed E-state index contributed by atoms with van der Waals surface area (Å²) in [6.45, 7) is 0. The van der Waals surface area contributed by atoms with Gasteiger partial charge < -0.3 is 4.84 Å². The van der Waals surface area contributed by atoms with E-state index in [1.165, 1.54) is 19.2 Å².